The first kappa shape index (κ1) is 18.0. The quantitative estimate of drug-likeness (QED) is 0.539. The van der Waals surface area contributed by atoms with Gasteiger partial charge in [0.25, 0.3) is 0 Å². The third kappa shape index (κ3) is 5.39. The molecule has 20 heavy (non-hydrogen) atoms. The molecule has 0 saturated heterocycles. The lowest BCUT2D eigenvalue weighted by atomic mass is 9.75. The smallest absolute Gasteiger partial charge is 0.0608 e. The SMILES string of the molecule is [CH2]C(CCC)(CCC)COC1CC(C)CCC1C(C)C. The van der Waals surface area contributed by atoms with Gasteiger partial charge in [0, 0.05) is 0 Å². The van der Waals surface area contributed by atoms with Crippen LogP contribution in [0.1, 0.15) is 79.6 Å². The van der Waals surface area contributed by atoms with Crippen LogP contribution < -0.4 is 0 Å². The van der Waals surface area contributed by atoms with Gasteiger partial charge in [-0.25, -0.2) is 0 Å². The van der Waals surface area contributed by atoms with E-state index < -0.39 is 0 Å². The largest absolute Gasteiger partial charge is 0.377 e. The summed E-state index contributed by atoms with van der Waals surface area (Å²) in [6.07, 6.45) is 9.23. The molecule has 119 valence electrons. The molecule has 1 rings (SSSR count). The number of ether oxygens (including phenoxy) is 1. The lowest BCUT2D eigenvalue weighted by Gasteiger charge is -2.39. The zero-order valence-corrected chi connectivity index (χ0v) is 14.6. The summed E-state index contributed by atoms with van der Waals surface area (Å²) in [6.45, 7) is 17.0. The predicted molar refractivity (Wildman–Crippen MR) is 88.7 cm³/mol. The van der Waals surface area contributed by atoms with Gasteiger partial charge in [-0.15, -0.1) is 0 Å². The fraction of sp³-hybridized carbons (Fsp3) is 0.947. The summed E-state index contributed by atoms with van der Waals surface area (Å²) in [4.78, 5) is 0. The summed E-state index contributed by atoms with van der Waals surface area (Å²) in [7, 11) is 0. The van der Waals surface area contributed by atoms with Crippen molar-refractivity contribution in [2.75, 3.05) is 6.61 Å². The van der Waals surface area contributed by atoms with Gasteiger partial charge in [-0.3, -0.25) is 0 Å². The lowest BCUT2D eigenvalue weighted by Crippen LogP contribution is -2.37. The van der Waals surface area contributed by atoms with Gasteiger partial charge in [-0.05, 0) is 55.8 Å². The predicted octanol–water partition coefficient (Wildman–Crippen LogP) is 5.88. The second kappa shape index (κ2) is 8.41. The molecule has 0 aromatic rings. The van der Waals surface area contributed by atoms with Crippen LogP contribution in [0.2, 0.25) is 0 Å². The first-order valence-electron chi connectivity index (χ1n) is 8.88. The van der Waals surface area contributed by atoms with E-state index in [0.29, 0.717) is 6.10 Å². The van der Waals surface area contributed by atoms with Gasteiger partial charge in [-0.2, -0.15) is 0 Å². The van der Waals surface area contributed by atoms with Crippen LogP contribution in [-0.2, 0) is 4.74 Å². The van der Waals surface area contributed by atoms with E-state index in [2.05, 4.69) is 41.5 Å². The molecule has 0 aromatic carbocycles. The Morgan fingerprint density at radius 3 is 2.25 bits per heavy atom. The molecule has 0 N–H and O–H groups in total. The van der Waals surface area contributed by atoms with Gasteiger partial charge in [0.15, 0.2) is 0 Å². The molecular formula is C19H37O. The molecule has 1 aliphatic rings. The summed E-state index contributed by atoms with van der Waals surface area (Å²) >= 11 is 0. The van der Waals surface area contributed by atoms with Crippen molar-refractivity contribution in [1.29, 1.82) is 0 Å². The monoisotopic (exact) mass is 281 g/mol. The number of hydrogen-bond donors (Lipinski definition) is 0. The van der Waals surface area contributed by atoms with Crippen LogP contribution in [0.4, 0.5) is 0 Å². The highest BCUT2D eigenvalue weighted by atomic mass is 16.5. The standard InChI is InChI=1S/C19H37O/c1-7-11-19(6,12-8-2)14-20-18-13-16(5)9-10-17(18)15(3)4/h15-18H,6-14H2,1-5H3. The first-order chi connectivity index (χ1) is 9.41. The average molecular weight is 282 g/mol. The summed E-state index contributed by atoms with van der Waals surface area (Å²) in [5.41, 5.74) is 0.145. The van der Waals surface area contributed by atoms with E-state index in [4.69, 9.17) is 4.74 Å². The van der Waals surface area contributed by atoms with Crippen LogP contribution in [0.3, 0.4) is 0 Å². The summed E-state index contributed by atoms with van der Waals surface area (Å²) in [6, 6.07) is 0. The third-order valence-electron chi connectivity index (χ3n) is 5.13. The van der Waals surface area contributed by atoms with E-state index in [1.165, 1.54) is 44.9 Å². The Morgan fingerprint density at radius 2 is 1.75 bits per heavy atom. The van der Waals surface area contributed by atoms with E-state index >= 15 is 0 Å². The Labute approximate surface area is 127 Å². The van der Waals surface area contributed by atoms with Crippen molar-refractivity contribution in [3.8, 4) is 0 Å². The fourth-order valence-electron chi connectivity index (χ4n) is 3.92. The Hall–Kier alpha value is -0.0400. The van der Waals surface area contributed by atoms with Crippen molar-refractivity contribution in [1.82, 2.24) is 0 Å². The van der Waals surface area contributed by atoms with Crippen molar-refractivity contribution < 1.29 is 4.74 Å². The maximum atomic E-state index is 6.44. The van der Waals surface area contributed by atoms with E-state index in [9.17, 15) is 0 Å². The molecule has 1 aliphatic carbocycles. The molecule has 1 nitrogen and oxygen atoms in total. The molecule has 1 fully saturated rings. The molecule has 3 unspecified atom stereocenters. The van der Waals surface area contributed by atoms with Crippen molar-refractivity contribution in [3.05, 3.63) is 6.92 Å². The Balaban J connectivity index is 2.58. The highest BCUT2D eigenvalue weighted by molar-refractivity contribution is 4.85. The van der Waals surface area contributed by atoms with Crippen molar-refractivity contribution in [2.45, 2.75) is 85.7 Å². The summed E-state index contributed by atoms with van der Waals surface area (Å²) in [5.74, 6) is 2.31. The molecule has 1 radical (unpaired) electrons. The van der Waals surface area contributed by atoms with Crippen molar-refractivity contribution in [2.24, 2.45) is 23.2 Å². The third-order valence-corrected chi connectivity index (χ3v) is 5.13. The molecule has 1 heteroatoms. The topological polar surface area (TPSA) is 9.23 Å². The molecule has 0 aromatic heterocycles. The molecule has 0 amide bonds. The van der Waals surface area contributed by atoms with Gasteiger partial charge in [-0.1, -0.05) is 53.9 Å². The maximum absolute atomic E-state index is 6.44. The Bertz CT molecular complexity index is 252. The maximum Gasteiger partial charge on any atom is 0.0608 e. The second-order valence-electron chi connectivity index (χ2n) is 7.68. The average Bonchev–Trinajstić information content (AvgIpc) is 2.37. The van der Waals surface area contributed by atoms with Gasteiger partial charge in [0.1, 0.15) is 0 Å². The number of hydrogen-bond acceptors (Lipinski definition) is 1. The van der Waals surface area contributed by atoms with E-state index in [1.54, 1.807) is 0 Å². The van der Waals surface area contributed by atoms with E-state index in [1.807, 2.05) is 0 Å². The molecule has 1 saturated carbocycles. The highest BCUT2D eigenvalue weighted by Gasteiger charge is 2.33. The van der Waals surface area contributed by atoms with Crippen LogP contribution in [0.5, 0.6) is 0 Å². The highest BCUT2D eigenvalue weighted by Crippen LogP contribution is 2.37. The van der Waals surface area contributed by atoms with Crippen LogP contribution in [0.15, 0.2) is 0 Å². The Kier molecular flexibility index (Phi) is 7.58. The van der Waals surface area contributed by atoms with Gasteiger partial charge in [0.05, 0.1) is 12.7 Å². The van der Waals surface area contributed by atoms with Crippen molar-refractivity contribution >= 4 is 0 Å². The fourth-order valence-corrected chi connectivity index (χ4v) is 3.92. The Morgan fingerprint density at radius 1 is 1.15 bits per heavy atom. The lowest BCUT2D eigenvalue weighted by molar-refractivity contribution is -0.0672. The zero-order valence-electron chi connectivity index (χ0n) is 14.6. The molecule has 0 heterocycles. The molecule has 0 spiro atoms. The molecular weight excluding hydrogens is 244 g/mol. The summed E-state index contributed by atoms with van der Waals surface area (Å²) < 4.78 is 6.44. The zero-order chi connectivity index (χ0) is 15.2. The normalized spacial score (nSPS) is 28.1. The van der Waals surface area contributed by atoms with Crippen LogP contribution in [0.25, 0.3) is 0 Å². The minimum absolute atomic E-state index is 0.145. The minimum atomic E-state index is 0.145. The van der Waals surface area contributed by atoms with Gasteiger partial charge < -0.3 is 4.74 Å². The van der Waals surface area contributed by atoms with E-state index in [-0.39, 0.29) is 5.41 Å². The van der Waals surface area contributed by atoms with E-state index in [0.717, 1.165) is 24.4 Å². The van der Waals surface area contributed by atoms with Crippen LogP contribution >= 0.6 is 0 Å². The second-order valence-corrected chi connectivity index (χ2v) is 7.68. The number of rotatable bonds is 8. The molecule has 0 bridgehead atoms. The van der Waals surface area contributed by atoms with Gasteiger partial charge in [0.2, 0.25) is 0 Å². The van der Waals surface area contributed by atoms with Gasteiger partial charge >= 0.3 is 0 Å². The van der Waals surface area contributed by atoms with Crippen LogP contribution in [0, 0.1) is 30.1 Å². The van der Waals surface area contributed by atoms with Crippen molar-refractivity contribution in [3.63, 3.8) is 0 Å². The summed E-state index contributed by atoms with van der Waals surface area (Å²) in [5, 5.41) is 0. The van der Waals surface area contributed by atoms with Crippen LogP contribution in [-0.4, -0.2) is 12.7 Å². The molecule has 3 atom stereocenters. The minimum Gasteiger partial charge on any atom is -0.377 e. The first-order valence-corrected chi connectivity index (χ1v) is 8.88. The molecule has 0 aliphatic heterocycles.